The first kappa shape index (κ1) is 19.0. The minimum atomic E-state index is -4.89. The highest BCUT2D eigenvalue weighted by Crippen LogP contribution is 2.37. The quantitative estimate of drug-likeness (QED) is 0.802. The number of carbonyl (C=O) groups excluding carboxylic acids is 2. The summed E-state index contributed by atoms with van der Waals surface area (Å²) in [6.45, 7) is 0.133. The van der Waals surface area contributed by atoms with E-state index in [0.717, 1.165) is 4.90 Å². The van der Waals surface area contributed by atoms with Gasteiger partial charge in [0.05, 0.1) is 6.10 Å². The minimum Gasteiger partial charge on any atom is -0.388 e. The number of amides is 2. The van der Waals surface area contributed by atoms with Crippen molar-refractivity contribution in [3.63, 3.8) is 0 Å². The van der Waals surface area contributed by atoms with Crippen molar-refractivity contribution in [1.82, 2.24) is 4.90 Å². The number of nitrogens with zero attached hydrogens (tertiary/aromatic N) is 2. The van der Waals surface area contributed by atoms with Gasteiger partial charge in [-0.05, 0) is 37.5 Å². The van der Waals surface area contributed by atoms with Crippen molar-refractivity contribution >= 4 is 29.1 Å². The molecule has 1 aromatic rings. The largest absolute Gasteiger partial charge is 0.471 e. The highest BCUT2D eigenvalue weighted by Gasteiger charge is 2.44. The van der Waals surface area contributed by atoms with Crippen LogP contribution in [0.4, 0.5) is 18.9 Å². The Balaban J connectivity index is 1.70. The van der Waals surface area contributed by atoms with Crippen LogP contribution in [0.5, 0.6) is 0 Å². The third-order valence-electron chi connectivity index (χ3n) is 4.91. The molecule has 0 radical (unpaired) electrons. The van der Waals surface area contributed by atoms with Crippen molar-refractivity contribution in [3.05, 3.63) is 28.8 Å². The molecule has 1 N–H and O–H groups in total. The first-order valence-corrected chi connectivity index (χ1v) is 8.71. The lowest BCUT2D eigenvalue weighted by Gasteiger charge is -2.37. The van der Waals surface area contributed by atoms with Gasteiger partial charge in [0.2, 0.25) is 5.91 Å². The van der Waals surface area contributed by atoms with Gasteiger partial charge in [-0.15, -0.1) is 0 Å². The summed E-state index contributed by atoms with van der Waals surface area (Å²) in [7, 11) is 0. The van der Waals surface area contributed by atoms with Crippen molar-refractivity contribution < 1.29 is 27.9 Å². The van der Waals surface area contributed by atoms with Gasteiger partial charge in [-0.25, -0.2) is 0 Å². The van der Waals surface area contributed by atoms with E-state index in [9.17, 15) is 27.9 Å². The van der Waals surface area contributed by atoms with Crippen molar-refractivity contribution in [3.8, 4) is 0 Å². The third-order valence-corrected chi connectivity index (χ3v) is 5.14. The average Bonchev–Trinajstić information content (AvgIpc) is 2.60. The molecule has 2 heterocycles. The van der Waals surface area contributed by atoms with Gasteiger partial charge in [-0.3, -0.25) is 9.59 Å². The molecule has 3 rings (SSSR count). The van der Waals surface area contributed by atoms with E-state index in [-0.39, 0.29) is 31.8 Å². The van der Waals surface area contributed by atoms with Gasteiger partial charge < -0.3 is 14.9 Å². The van der Waals surface area contributed by atoms with Crippen LogP contribution in [0.1, 0.15) is 30.9 Å². The molecular weight excluding hydrogens is 373 g/mol. The maximum absolute atomic E-state index is 12.9. The fourth-order valence-electron chi connectivity index (χ4n) is 3.52. The van der Waals surface area contributed by atoms with Crippen molar-refractivity contribution in [2.45, 2.75) is 31.5 Å². The Bertz CT molecular complexity index is 718. The molecule has 1 aromatic carbocycles. The van der Waals surface area contributed by atoms with Crippen molar-refractivity contribution in [2.24, 2.45) is 5.92 Å². The molecule has 2 aliphatic rings. The number of aliphatic hydroxyl groups is 1. The van der Waals surface area contributed by atoms with Crippen LogP contribution >= 0.6 is 11.6 Å². The number of halogens is 4. The van der Waals surface area contributed by atoms with Crippen LogP contribution in [0.2, 0.25) is 5.02 Å². The number of anilines is 1. The van der Waals surface area contributed by atoms with Crippen molar-refractivity contribution in [1.29, 1.82) is 0 Å². The van der Waals surface area contributed by atoms with Gasteiger partial charge in [0.15, 0.2) is 0 Å². The lowest BCUT2D eigenvalue weighted by molar-refractivity contribution is -0.186. The Kier molecular flexibility index (Phi) is 5.16. The van der Waals surface area contributed by atoms with Crippen molar-refractivity contribution in [2.75, 3.05) is 24.5 Å². The van der Waals surface area contributed by atoms with Gasteiger partial charge in [0.1, 0.15) is 0 Å². The van der Waals surface area contributed by atoms with Gasteiger partial charge in [-0.1, -0.05) is 11.6 Å². The van der Waals surface area contributed by atoms with E-state index in [2.05, 4.69) is 0 Å². The van der Waals surface area contributed by atoms with Crippen LogP contribution in [0.25, 0.3) is 0 Å². The number of carbonyl (C=O) groups is 2. The standard InChI is InChI=1S/C17H18ClF3N2O3/c18-11-1-2-13-12(9-11)14(24)5-8-23(13)15(25)10-3-6-22(7-4-10)16(26)17(19,20)21/h1-2,9-10,14,24H,3-8H2. The molecule has 0 aliphatic carbocycles. The molecule has 5 nitrogen and oxygen atoms in total. The maximum atomic E-state index is 12.9. The summed E-state index contributed by atoms with van der Waals surface area (Å²) in [4.78, 5) is 26.5. The number of fused-ring (bicyclic) bond motifs is 1. The number of alkyl halides is 3. The second kappa shape index (κ2) is 7.08. The van der Waals surface area contributed by atoms with Crippen LogP contribution in [0.15, 0.2) is 18.2 Å². The van der Waals surface area contributed by atoms with E-state index >= 15 is 0 Å². The van der Waals surface area contributed by atoms with E-state index in [1.165, 1.54) is 0 Å². The summed E-state index contributed by atoms with van der Waals surface area (Å²) < 4.78 is 37.5. The first-order chi connectivity index (χ1) is 12.2. The topological polar surface area (TPSA) is 60.9 Å². The Morgan fingerprint density at radius 1 is 1.12 bits per heavy atom. The number of rotatable bonds is 1. The fourth-order valence-corrected chi connectivity index (χ4v) is 3.70. The summed E-state index contributed by atoms with van der Waals surface area (Å²) in [6.07, 6.45) is -4.87. The zero-order valence-electron chi connectivity index (χ0n) is 13.8. The molecule has 0 spiro atoms. The van der Waals surface area contributed by atoms with Crippen LogP contribution in [-0.2, 0) is 9.59 Å². The van der Waals surface area contributed by atoms with E-state index < -0.39 is 24.1 Å². The molecule has 1 atom stereocenters. The average molecular weight is 391 g/mol. The molecule has 142 valence electrons. The highest BCUT2D eigenvalue weighted by molar-refractivity contribution is 6.30. The Labute approximate surface area is 153 Å². The normalized spacial score (nSPS) is 21.5. The predicted octanol–water partition coefficient (Wildman–Crippen LogP) is 2.91. The summed E-state index contributed by atoms with van der Waals surface area (Å²) in [5.41, 5.74) is 1.15. The van der Waals surface area contributed by atoms with Crippen LogP contribution in [-0.4, -0.2) is 47.6 Å². The molecule has 9 heteroatoms. The van der Waals surface area contributed by atoms with E-state index in [1.807, 2.05) is 0 Å². The molecular formula is C17H18ClF3N2O3. The summed E-state index contributed by atoms with van der Waals surface area (Å²) in [5.74, 6) is -2.50. The summed E-state index contributed by atoms with van der Waals surface area (Å²) >= 11 is 5.96. The number of aliphatic hydroxyl groups excluding tert-OH is 1. The Morgan fingerprint density at radius 2 is 1.77 bits per heavy atom. The second-order valence-corrected chi connectivity index (χ2v) is 7.00. The van der Waals surface area contributed by atoms with Gasteiger partial charge in [0.25, 0.3) is 0 Å². The van der Waals surface area contributed by atoms with Crippen LogP contribution in [0.3, 0.4) is 0 Å². The number of hydrogen-bond donors (Lipinski definition) is 1. The molecule has 1 fully saturated rings. The third kappa shape index (κ3) is 3.66. The molecule has 0 aromatic heterocycles. The van der Waals surface area contributed by atoms with Gasteiger partial charge >= 0.3 is 12.1 Å². The lowest BCUT2D eigenvalue weighted by Crippen LogP contribution is -2.49. The molecule has 1 unspecified atom stereocenters. The maximum Gasteiger partial charge on any atom is 0.471 e. The van der Waals surface area contributed by atoms with Gasteiger partial charge in [-0.2, -0.15) is 13.2 Å². The number of benzene rings is 1. The monoisotopic (exact) mass is 390 g/mol. The first-order valence-electron chi connectivity index (χ1n) is 8.33. The summed E-state index contributed by atoms with van der Waals surface area (Å²) in [5, 5.41) is 10.6. The zero-order valence-corrected chi connectivity index (χ0v) is 14.6. The lowest BCUT2D eigenvalue weighted by atomic mass is 9.92. The van der Waals surface area contributed by atoms with Crippen LogP contribution < -0.4 is 4.90 Å². The molecule has 2 aliphatic heterocycles. The van der Waals surface area contributed by atoms with E-state index in [4.69, 9.17) is 11.6 Å². The number of hydrogen-bond acceptors (Lipinski definition) is 3. The zero-order chi connectivity index (χ0) is 19.1. The molecule has 0 saturated carbocycles. The second-order valence-electron chi connectivity index (χ2n) is 6.56. The minimum absolute atomic E-state index is 0.0985. The molecule has 26 heavy (non-hydrogen) atoms. The number of piperidine rings is 1. The van der Waals surface area contributed by atoms with E-state index in [0.29, 0.717) is 29.2 Å². The van der Waals surface area contributed by atoms with E-state index in [1.54, 1.807) is 23.1 Å². The highest BCUT2D eigenvalue weighted by atomic mass is 35.5. The smallest absolute Gasteiger partial charge is 0.388 e. The Hall–Kier alpha value is -1.80. The molecule has 1 saturated heterocycles. The SMILES string of the molecule is O=C(C1CCN(C(=O)C(F)(F)F)CC1)N1CCC(O)c2cc(Cl)ccc21. The number of likely N-dealkylation sites (tertiary alicyclic amines) is 1. The van der Waals surface area contributed by atoms with Crippen LogP contribution in [0, 0.1) is 5.92 Å². The predicted molar refractivity (Wildman–Crippen MR) is 88.7 cm³/mol. The van der Waals surface area contributed by atoms with Gasteiger partial charge in [0, 0.05) is 41.8 Å². The fraction of sp³-hybridized carbons (Fsp3) is 0.529. The summed E-state index contributed by atoms with van der Waals surface area (Å²) in [6, 6.07) is 4.91. The molecule has 0 bridgehead atoms. The Morgan fingerprint density at radius 3 is 2.38 bits per heavy atom. The molecule has 2 amide bonds.